The molecule has 0 aromatic carbocycles. The van der Waals surface area contributed by atoms with Crippen molar-refractivity contribution in [2.24, 2.45) is 5.92 Å². The highest BCUT2D eigenvalue weighted by Crippen LogP contribution is 2.15. The summed E-state index contributed by atoms with van der Waals surface area (Å²) >= 11 is 1.79. The third-order valence-electron chi connectivity index (χ3n) is 2.84. The van der Waals surface area contributed by atoms with E-state index >= 15 is 0 Å². The topological polar surface area (TPSA) is 32.3 Å². The van der Waals surface area contributed by atoms with Crippen LogP contribution in [0.5, 0.6) is 0 Å². The molecule has 2 atom stereocenters. The molecule has 0 aromatic heterocycles. The van der Waals surface area contributed by atoms with Gasteiger partial charge in [0.1, 0.15) is 0 Å². The molecule has 1 rings (SSSR count). The molecule has 0 spiro atoms. The fourth-order valence-corrected chi connectivity index (χ4v) is 2.79. The summed E-state index contributed by atoms with van der Waals surface area (Å²) in [6, 6.07) is 0.375. The molecule has 1 saturated heterocycles. The molecule has 1 amide bonds. The van der Waals surface area contributed by atoms with Crippen molar-refractivity contribution in [2.45, 2.75) is 39.3 Å². The fourth-order valence-electron chi connectivity index (χ4n) is 1.86. The number of carbonyl (C=O) groups is 1. The molecule has 3 nitrogen and oxygen atoms in total. The minimum atomic E-state index is 0.0367. The molecule has 1 N–H and O–H groups in total. The molecule has 0 saturated carbocycles. The minimum Gasteiger partial charge on any atom is -0.342 e. The first-order chi connectivity index (χ1) is 7.02. The zero-order valence-corrected chi connectivity index (χ0v) is 10.9. The highest BCUT2D eigenvalue weighted by Gasteiger charge is 2.27. The van der Waals surface area contributed by atoms with Gasteiger partial charge in [-0.25, -0.2) is 0 Å². The number of likely N-dealkylation sites (N-methyl/N-ethyl adjacent to an activating group) is 1. The molecular formula is C11H22N2OS. The zero-order chi connectivity index (χ0) is 11.4. The zero-order valence-electron chi connectivity index (χ0n) is 10.1. The Morgan fingerprint density at radius 2 is 2.20 bits per heavy atom. The Labute approximate surface area is 97.0 Å². The lowest BCUT2D eigenvalue weighted by Gasteiger charge is -2.28. The van der Waals surface area contributed by atoms with Crippen LogP contribution in [0.4, 0.5) is 0 Å². The lowest BCUT2D eigenvalue weighted by molar-refractivity contribution is -0.133. The van der Waals surface area contributed by atoms with Gasteiger partial charge in [0.05, 0.1) is 6.04 Å². The Morgan fingerprint density at radius 1 is 1.53 bits per heavy atom. The minimum absolute atomic E-state index is 0.0367. The van der Waals surface area contributed by atoms with Gasteiger partial charge in [-0.2, -0.15) is 0 Å². The maximum Gasteiger partial charge on any atom is 0.240 e. The van der Waals surface area contributed by atoms with Crippen LogP contribution in [0.15, 0.2) is 0 Å². The fraction of sp³-hybridized carbons (Fsp3) is 0.909. The van der Waals surface area contributed by atoms with Crippen molar-refractivity contribution < 1.29 is 4.79 Å². The highest BCUT2D eigenvalue weighted by atomic mass is 32.2. The number of rotatable bonds is 4. The van der Waals surface area contributed by atoms with Crippen LogP contribution in [0.3, 0.4) is 0 Å². The Bertz CT molecular complexity index is 215. The lowest BCUT2D eigenvalue weighted by atomic mass is 10.0. The number of nitrogens with zero attached hydrogens (tertiary/aromatic N) is 1. The molecule has 88 valence electrons. The molecule has 1 heterocycles. The molecule has 2 unspecified atom stereocenters. The Balaban J connectivity index is 2.43. The summed E-state index contributed by atoms with van der Waals surface area (Å²) in [6.45, 7) is 6.51. The van der Waals surface area contributed by atoms with Crippen molar-refractivity contribution in [2.75, 3.05) is 18.7 Å². The third-order valence-corrected chi connectivity index (χ3v) is 3.78. The molecular weight excluding hydrogens is 208 g/mol. The largest absolute Gasteiger partial charge is 0.342 e. The van der Waals surface area contributed by atoms with E-state index in [1.165, 1.54) is 0 Å². The molecule has 0 aliphatic carbocycles. The number of amides is 1. The summed E-state index contributed by atoms with van der Waals surface area (Å²) in [7, 11) is 1.92. The summed E-state index contributed by atoms with van der Waals surface area (Å²) in [6.07, 6.45) is 1.07. The quantitative estimate of drug-likeness (QED) is 0.795. The molecule has 0 aromatic rings. The van der Waals surface area contributed by atoms with Crippen molar-refractivity contribution >= 4 is 17.7 Å². The Morgan fingerprint density at radius 3 is 2.67 bits per heavy atom. The van der Waals surface area contributed by atoms with Gasteiger partial charge >= 0.3 is 0 Å². The van der Waals surface area contributed by atoms with Gasteiger partial charge in [0.15, 0.2) is 0 Å². The molecule has 4 heteroatoms. The van der Waals surface area contributed by atoms with E-state index in [0.29, 0.717) is 12.0 Å². The molecule has 1 aliphatic rings. The van der Waals surface area contributed by atoms with Gasteiger partial charge in [0.2, 0.25) is 5.91 Å². The smallest absolute Gasteiger partial charge is 0.240 e. The lowest BCUT2D eigenvalue weighted by Crippen LogP contribution is -2.46. The maximum absolute atomic E-state index is 12.0. The third kappa shape index (κ3) is 3.68. The first kappa shape index (κ1) is 12.8. The van der Waals surface area contributed by atoms with Crippen LogP contribution in [0.1, 0.15) is 27.2 Å². The second-order valence-corrected chi connectivity index (χ2v) is 5.73. The second kappa shape index (κ2) is 5.75. The van der Waals surface area contributed by atoms with Crippen LogP contribution >= 0.6 is 11.8 Å². The van der Waals surface area contributed by atoms with Crippen molar-refractivity contribution in [3.05, 3.63) is 0 Å². The standard InChI is InChI=1S/C11H22N2OS/c1-8(2)5-9(3)13(4)11(14)10-6-15-7-12-10/h8-10,12H,5-7H2,1-4H3. The van der Waals surface area contributed by atoms with Crippen LogP contribution in [-0.4, -0.2) is 41.6 Å². The van der Waals surface area contributed by atoms with Crippen LogP contribution in [0.25, 0.3) is 0 Å². The van der Waals surface area contributed by atoms with Crippen LogP contribution in [-0.2, 0) is 4.79 Å². The average molecular weight is 230 g/mol. The number of hydrogen-bond donors (Lipinski definition) is 1. The SMILES string of the molecule is CC(C)CC(C)N(C)C(=O)C1CSCN1. The molecule has 1 aliphatic heterocycles. The van der Waals surface area contributed by atoms with Gasteiger partial charge < -0.3 is 4.90 Å². The summed E-state index contributed by atoms with van der Waals surface area (Å²) in [5.41, 5.74) is 0. The maximum atomic E-state index is 12.0. The van der Waals surface area contributed by atoms with Crippen LogP contribution in [0.2, 0.25) is 0 Å². The van der Waals surface area contributed by atoms with E-state index in [4.69, 9.17) is 0 Å². The van der Waals surface area contributed by atoms with Gasteiger partial charge in [-0.1, -0.05) is 13.8 Å². The van der Waals surface area contributed by atoms with Crippen molar-refractivity contribution in [3.8, 4) is 0 Å². The van der Waals surface area contributed by atoms with E-state index in [1.807, 2.05) is 11.9 Å². The molecule has 0 bridgehead atoms. The van der Waals surface area contributed by atoms with Crippen LogP contribution in [0, 0.1) is 5.92 Å². The molecule has 15 heavy (non-hydrogen) atoms. The number of nitrogens with one attached hydrogen (secondary N) is 1. The van der Waals surface area contributed by atoms with E-state index in [0.717, 1.165) is 18.1 Å². The van der Waals surface area contributed by atoms with Crippen molar-refractivity contribution in [1.82, 2.24) is 10.2 Å². The number of hydrogen-bond acceptors (Lipinski definition) is 3. The van der Waals surface area contributed by atoms with E-state index in [2.05, 4.69) is 26.1 Å². The molecule has 1 fully saturated rings. The van der Waals surface area contributed by atoms with Gasteiger partial charge in [0, 0.05) is 24.7 Å². The first-order valence-corrected chi connectivity index (χ1v) is 6.75. The highest BCUT2D eigenvalue weighted by molar-refractivity contribution is 7.99. The van der Waals surface area contributed by atoms with E-state index in [-0.39, 0.29) is 11.9 Å². The second-order valence-electron chi connectivity index (χ2n) is 4.70. The van der Waals surface area contributed by atoms with Crippen molar-refractivity contribution in [3.63, 3.8) is 0 Å². The van der Waals surface area contributed by atoms with Crippen molar-refractivity contribution in [1.29, 1.82) is 0 Å². The summed E-state index contributed by atoms with van der Waals surface area (Å²) in [5, 5.41) is 3.22. The predicted molar refractivity (Wildman–Crippen MR) is 65.9 cm³/mol. The van der Waals surface area contributed by atoms with Gasteiger partial charge in [-0.05, 0) is 19.3 Å². The van der Waals surface area contributed by atoms with Crippen LogP contribution < -0.4 is 5.32 Å². The molecule has 0 radical (unpaired) electrons. The van der Waals surface area contributed by atoms with Gasteiger partial charge in [0.25, 0.3) is 0 Å². The van der Waals surface area contributed by atoms with Gasteiger partial charge in [-0.15, -0.1) is 11.8 Å². The van der Waals surface area contributed by atoms with E-state index in [1.54, 1.807) is 11.8 Å². The first-order valence-electron chi connectivity index (χ1n) is 5.60. The number of carbonyl (C=O) groups excluding carboxylic acids is 1. The summed E-state index contributed by atoms with van der Waals surface area (Å²) in [4.78, 5) is 13.9. The predicted octanol–water partition coefficient (Wildman–Crippen LogP) is 1.54. The van der Waals surface area contributed by atoms with E-state index < -0.39 is 0 Å². The summed E-state index contributed by atoms with van der Waals surface area (Å²) < 4.78 is 0. The monoisotopic (exact) mass is 230 g/mol. The van der Waals surface area contributed by atoms with E-state index in [9.17, 15) is 4.79 Å². The number of thioether (sulfide) groups is 1. The Hall–Kier alpha value is -0.220. The normalized spacial score (nSPS) is 23.1. The Kier molecular flexibility index (Phi) is 4.93. The average Bonchev–Trinajstić information content (AvgIpc) is 2.67. The summed E-state index contributed by atoms with van der Waals surface area (Å²) in [5.74, 6) is 2.70. The van der Waals surface area contributed by atoms with Gasteiger partial charge in [-0.3, -0.25) is 10.1 Å².